The van der Waals surface area contributed by atoms with Crippen LogP contribution in [0.5, 0.6) is 0 Å². The third kappa shape index (κ3) is 6.15. The fraction of sp³-hybridized carbons (Fsp3) is 0.375. The number of nitrogens with two attached hydrogens (primary N) is 1. The average molecular weight is 356 g/mol. The van der Waals surface area contributed by atoms with Crippen molar-refractivity contribution < 1.29 is 9.32 Å². The Kier molecular flexibility index (Phi) is 7.98. The summed E-state index contributed by atoms with van der Waals surface area (Å²) in [6.45, 7) is 4.44. The summed E-state index contributed by atoms with van der Waals surface area (Å²) in [5.74, 6) is 2.05. The summed E-state index contributed by atoms with van der Waals surface area (Å²) in [6, 6.07) is 7.70. The zero-order valence-corrected chi connectivity index (χ0v) is 14.9. The number of aromatic nitrogens is 1. The Balaban J connectivity index is 0.00000264. The van der Waals surface area contributed by atoms with Crippen LogP contribution in [0.1, 0.15) is 22.6 Å². The van der Waals surface area contributed by atoms with Crippen molar-refractivity contribution >= 4 is 35.8 Å². The molecule has 0 bridgehead atoms. The third-order valence-electron chi connectivity index (χ3n) is 3.38. The molecule has 0 aliphatic carbocycles. The van der Waals surface area contributed by atoms with Crippen LogP contribution in [0.15, 0.2) is 28.8 Å². The van der Waals surface area contributed by atoms with E-state index >= 15 is 0 Å². The molecule has 1 aromatic carbocycles. The first-order valence-corrected chi connectivity index (χ1v) is 8.32. The number of nitrogens with one attached hydrogen (secondary N) is 1. The van der Waals surface area contributed by atoms with Crippen molar-refractivity contribution in [2.45, 2.75) is 26.0 Å². The van der Waals surface area contributed by atoms with Crippen LogP contribution in [0.3, 0.4) is 0 Å². The highest BCUT2D eigenvalue weighted by Gasteiger charge is 2.09. The molecule has 2 rings (SSSR count). The Morgan fingerprint density at radius 3 is 2.61 bits per heavy atom. The van der Waals surface area contributed by atoms with Gasteiger partial charge >= 0.3 is 0 Å². The van der Waals surface area contributed by atoms with Crippen LogP contribution in [-0.4, -0.2) is 23.4 Å². The molecular weight excluding hydrogens is 334 g/mol. The lowest BCUT2D eigenvalue weighted by atomic mass is 10.1. The van der Waals surface area contributed by atoms with Crippen LogP contribution >= 0.6 is 24.2 Å². The Labute approximate surface area is 146 Å². The van der Waals surface area contributed by atoms with E-state index in [-0.39, 0.29) is 18.3 Å². The van der Waals surface area contributed by atoms with E-state index in [9.17, 15) is 4.79 Å². The number of thioether (sulfide) groups is 1. The summed E-state index contributed by atoms with van der Waals surface area (Å²) in [6.07, 6.45) is 0.806. The Bertz CT molecular complexity index is 609. The van der Waals surface area contributed by atoms with Gasteiger partial charge in [0.15, 0.2) is 0 Å². The molecule has 0 spiro atoms. The fourth-order valence-electron chi connectivity index (χ4n) is 2.04. The van der Waals surface area contributed by atoms with E-state index in [2.05, 4.69) is 10.5 Å². The Morgan fingerprint density at radius 1 is 1.30 bits per heavy atom. The minimum Gasteiger partial charge on any atom is -0.399 e. The first-order chi connectivity index (χ1) is 10.6. The molecule has 3 N–H and O–H groups in total. The molecule has 0 aliphatic heterocycles. The van der Waals surface area contributed by atoms with Crippen molar-refractivity contribution in [3.63, 3.8) is 0 Å². The second-order valence-corrected chi connectivity index (χ2v) is 6.12. The molecule has 0 aliphatic rings. The minimum atomic E-state index is 0. The van der Waals surface area contributed by atoms with Crippen LogP contribution in [0.25, 0.3) is 0 Å². The molecule has 7 heteroatoms. The summed E-state index contributed by atoms with van der Waals surface area (Å²) < 4.78 is 5.10. The molecule has 1 aromatic heterocycles. The smallest absolute Gasteiger partial charge is 0.230 e. The van der Waals surface area contributed by atoms with Gasteiger partial charge in [-0.2, -0.15) is 0 Å². The predicted molar refractivity (Wildman–Crippen MR) is 97.0 cm³/mol. The number of rotatable bonds is 7. The molecule has 1 amide bonds. The highest BCUT2D eigenvalue weighted by atomic mass is 35.5. The molecule has 1 heterocycles. The zero-order chi connectivity index (χ0) is 15.9. The van der Waals surface area contributed by atoms with Gasteiger partial charge < -0.3 is 15.6 Å². The van der Waals surface area contributed by atoms with Crippen LogP contribution in [0, 0.1) is 13.8 Å². The van der Waals surface area contributed by atoms with Crippen LogP contribution in [-0.2, 0) is 17.0 Å². The number of benzene rings is 1. The van der Waals surface area contributed by atoms with Crippen LogP contribution < -0.4 is 11.1 Å². The number of amides is 1. The molecule has 126 valence electrons. The third-order valence-corrected chi connectivity index (χ3v) is 4.34. The standard InChI is InChI=1S/C16H21N3O2S.ClH/c1-11-15(12(2)21-19-11)9-22-10-16(20)18-8-7-13-3-5-14(17)6-4-13;/h3-6H,7-10,17H2,1-2H3,(H,18,20);1H. The first-order valence-electron chi connectivity index (χ1n) is 7.17. The Hall–Kier alpha value is -1.66. The lowest BCUT2D eigenvalue weighted by molar-refractivity contribution is -0.118. The normalized spacial score (nSPS) is 10.2. The van der Waals surface area contributed by atoms with Gasteiger partial charge in [0, 0.05) is 23.5 Å². The second kappa shape index (κ2) is 9.47. The number of carbonyl (C=O) groups is 1. The molecule has 23 heavy (non-hydrogen) atoms. The van der Waals surface area contributed by atoms with Gasteiger partial charge in [0.25, 0.3) is 0 Å². The maximum atomic E-state index is 11.8. The second-order valence-electron chi connectivity index (χ2n) is 5.14. The molecule has 2 aromatic rings. The van der Waals surface area contributed by atoms with E-state index in [1.165, 1.54) is 0 Å². The predicted octanol–water partition coefficient (Wildman–Crippen LogP) is 2.89. The van der Waals surface area contributed by atoms with E-state index in [4.69, 9.17) is 10.3 Å². The molecule has 0 atom stereocenters. The summed E-state index contributed by atoms with van der Waals surface area (Å²) in [5, 5.41) is 6.83. The summed E-state index contributed by atoms with van der Waals surface area (Å²) in [7, 11) is 0. The molecular formula is C16H22ClN3O2S. The van der Waals surface area contributed by atoms with Gasteiger partial charge in [0.05, 0.1) is 11.4 Å². The van der Waals surface area contributed by atoms with Gasteiger partial charge in [-0.15, -0.1) is 24.2 Å². The van der Waals surface area contributed by atoms with Crippen LogP contribution in [0.2, 0.25) is 0 Å². The SMILES string of the molecule is Cc1noc(C)c1CSCC(=O)NCCc1ccc(N)cc1.Cl. The van der Waals surface area contributed by atoms with Crippen molar-refractivity contribution in [2.24, 2.45) is 0 Å². The van der Waals surface area contributed by atoms with Crippen molar-refractivity contribution in [1.29, 1.82) is 0 Å². The maximum Gasteiger partial charge on any atom is 0.230 e. The van der Waals surface area contributed by atoms with Crippen molar-refractivity contribution in [1.82, 2.24) is 10.5 Å². The van der Waals surface area contributed by atoms with E-state index in [1.807, 2.05) is 38.1 Å². The monoisotopic (exact) mass is 355 g/mol. The van der Waals surface area contributed by atoms with Gasteiger partial charge in [0.2, 0.25) is 5.91 Å². The van der Waals surface area contributed by atoms with Crippen molar-refractivity contribution in [2.75, 3.05) is 18.0 Å². The van der Waals surface area contributed by atoms with E-state index in [1.54, 1.807) is 11.8 Å². The zero-order valence-electron chi connectivity index (χ0n) is 13.3. The van der Waals surface area contributed by atoms with Crippen LogP contribution in [0.4, 0.5) is 5.69 Å². The lowest BCUT2D eigenvalue weighted by Gasteiger charge is -2.06. The van der Waals surface area contributed by atoms with Gasteiger partial charge in [-0.1, -0.05) is 17.3 Å². The number of nitrogens with zero attached hydrogens (tertiary/aromatic N) is 1. The molecule has 0 saturated carbocycles. The van der Waals surface area contributed by atoms with Gasteiger partial charge in [-0.25, -0.2) is 0 Å². The number of aryl methyl sites for hydroxylation is 2. The minimum absolute atomic E-state index is 0. The first kappa shape index (κ1) is 19.4. The quantitative estimate of drug-likeness (QED) is 0.746. The van der Waals surface area contributed by atoms with E-state index < -0.39 is 0 Å². The topological polar surface area (TPSA) is 81.2 Å². The number of hydrogen-bond donors (Lipinski definition) is 2. The number of halogens is 1. The Morgan fingerprint density at radius 2 is 2.00 bits per heavy atom. The van der Waals surface area contributed by atoms with Gasteiger partial charge in [-0.05, 0) is 38.0 Å². The highest BCUT2D eigenvalue weighted by Crippen LogP contribution is 2.19. The van der Waals surface area contributed by atoms with Gasteiger partial charge in [0.1, 0.15) is 5.76 Å². The number of carbonyl (C=O) groups excluding carboxylic acids is 1. The molecule has 0 fully saturated rings. The number of anilines is 1. The summed E-state index contributed by atoms with van der Waals surface area (Å²) in [4.78, 5) is 11.8. The molecule has 5 nitrogen and oxygen atoms in total. The average Bonchev–Trinajstić information content (AvgIpc) is 2.81. The van der Waals surface area contributed by atoms with E-state index in [0.717, 1.165) is 40.4 Å². The van der Waals surface area contributed by atoms with Gasteiger partial charge in [-0.3, -0.25) is 4.79 Å². The van der Waals surface area contributed by atoms with Crippen molar-refractivity contribution in [3.8, 4) is 0 Å². The maximum absolute atomic E-state index is 11.8. The molecule has 0 radical (unpaired) electrons. The lowest BCUT2D eigenvalue weighted by Crippen LogP contribution is -2.27. The van der Waals surface area contributed by atoms with Crippen molar-refractivity contribution in [3.05, 3.63) is 46.8 Å². The molecule has 0 saturated heterocycles. The highest BCUT2D eigenvalue weighted by molar-refractivity contribution is 7.99. The summed E-state index contributed by atoms with van der Waals surface area (Å²) in [5.41, 5.74) is 9.53. The molecule has 0 unspecified atom stereocenters. The number of hydrogen-bond acceptors (Lipinski definition) is 5. The fourth-order valence-corrected chi connectivity index (χ4v) is 3.04. The largest absolute Gasteiger partial charge is 0.399 e. The summed E-state index contributed by atoms with van der Waals surface area (Å²) >= 11 is 1.57. The van der Waals surface area contributed by atoms with E-state index in [0.29, 0.717) is 12.3 Å². The number of nitrogen functional groups attached to an aromatic ring is 1.